The van der Waals surface area contributed by atoms with Crippen LogP contribution in [0, 0.1) is 0 Å². The Bertz CT molecular complexity index is 227. The minimum atomic E-state index is -1.20. The summed E-state index contributed by atoms with van der Waals surface area (Å²) in [5.41, 5.74) is 0.694. The van der Waals surface area contributed by atoms with E-state index in [0.717, 1.165) is 0 Å². The van der Waals surface area contributed by atoms with E-state index < -0.39 is 16.3 Å². The molecular weight excluding hydrogens is 202 g/mol. The van der Waals surface area contributed by atoms with Gasteiger partial charge in [0.1, 0.15) is 8.24 Å². The lowest BCUT2D eigenvalue weighted by atomic mass is 10.4. The van der Waals surface area contributed by atoms with Crippen LogP contribution in [0.2, 0.25) is 39.3 Å². The molecule has 0 amide bonds. The molecule has 0 radical (unpaired) electrons. The highest BCUT2D eigenvalue weighted by Gasteiger charge is 2.35. The summed E-state index contributed by atoms with van der Waals surface area (Å²) in [6.45, 7) is 14.6. The maximum atomic E-state index is 2.64. The molecule has 0 aromatic carbocycles. The van der Waals surface area contributed by atoms with Gasteiger partial charge < -0.3 is 4.57 Å². The van der Waals surface area contributed by atoms with Crippen LogP contribution in [-0.4, -0.2) is 26.5 Å². The molecule has 1 atom stereocenters. The van der Waals surface area contributed by atoms with Crippen molar-refractivity contribution in [2.45, 2.75) is 44.9 Å². The molecule has 0 aromatic rings. The first kappa shape index (κ1) is 11.8. The molecule has 1 nitrogen and oxygen atoms in total. The Labute approximate surface area is 90.6 Å². The quantitative estimate of drug-likeness (QED) is 0.651. The fraction of sp³-hybridized carbons (Fsp3) is 0.636. The van der Waals surface area contributed by atoms with Gasteiger partial charge in [0.2, 0.25) is 0 Å². The maximum absolute atomic E-state index is 2.64. The van der Waals surface area contributed by atoms with Crippen LogP contribution >= 0.6 is 0 Å². The van der Waals surface area contributed by atoms with Crippen molar-refractivity contribution in [3.05, 3.63) is 24.4 Å². The van der Waals surface area contributed by atoms with Crippen LogP contribution in [0.3, 0.4) is 0 Å². The first-order valence-corrected chi connectivity index (χ1v) is 12.4. The predicted molar refractivity (Wildman–Crippen MR) is 70.6 cm³/mol. The normalized spacial score (nSPS) is 23.0. The van der Waals surface area contributed by atoms with E-state index in [0.29, 0.717) is 5.67 Å². The van der Waals surface area contributed by atoms with Gasteiger partial charge in [0, 0.05) is 5.67 Å². The maximum Gasteiger partial charge on any atom is 0.147 e. The van der Waals surface area contributed by atoms with Crippen molar-refractivity contribution >= 4 is 16.3 Å². The largest absolute Gasteiger partial charge is 0.400 e. The standard InChI is InChI=1S/C11H23NSi2/c1-13(2,3)11-9-7-8-10-12(11)14(4,5)6/h7-11H,1-6H3. The smallest absolute Gasteiger partial charge is 0.147 e. The van der Waals surface area contributed by atoms with Crippen molar-refractivity contribution in [1.82, 2.24) is 4.57 Å². The van der Waals surface area contributed by atoms with Gasteiger partial charge in [0.05, 0.1) is 8.07 Å². The second kappa shape index (κ2) is 3.70. The van der Waals surface area contributed by atoms with Gasteiger partial charge in [-0.05, 0) is 12.3 Å². The van der Waals surface area contributed by atoms with Crippen molar-refractivity contribution < 1.29 is 0 Å². The molecule has 0 aliphatic carbocycles. The van der Waals surface area contributed by atoms with Gasteiger partial charge in [-0.2, -0.15) is 0 Å². The molecular formula is C11H23NSi2. The van der Waals surface area contributed by atoms with Crippen LogP contribution in [0.1, 0.15) is 0 Å². The third-order valence-electron chi connectivity index (χ3n) is 2.61. The van der Waals surface area contributed by atoms with Crippen LogP contribution in [-0.2, 0) is 0 Å². The molecule has 0 saturated heterocycles. The molecule has 14 heavy (non-hydrogen) atoms. The van der Waals surface area contributed by atoms with E-state index in [2.05, 4.69) is 68.3 Å². The fourth-order valence-corrected chi connectivity index (χ4v) is 7.23. The predicted octanol–water partition coefficient (Wildman–Crippen LogP) is 3.45. The first-order valence-electron chi connectivity index (χ1n) is 5.36. The van der Waals surface area contributed by atoms with Crippen LogP contribution in [0.25, 0.3) is 0 Å². The third kappa shape index (κ3) is 2.61. The molecule has 0 aromatic heterocycles. The summed E-state index contributed by atoms with van der Waals surface area (Å²) in [6, 6.07) is 0. The third-order valence-corrected chi connectivity index (χ3v) is 7.09. The lowest BCUT2D eigenvalue weighted by Gasteiger charge is -2.45. The lowest BCUT2D eigenvalue weighted by molar-refractivity contribution is 0.558. The fourth-order valence-electron chi connectivity index (χ4n) is 1.84. The van der Waals surface area contributed by atoms with E-state index in [1.807, 2.05) is 0 Å². The van der Waals surface area contributed by atoms with E-state index in [-0.39, 0.29) is 0 Å². The molecule has 0 N–H and O–H groups in total. The summed E-state index contributed by atoms with van der Waals surface area (Å²) in [6.07, 6.45) is 9.08. The Morgan fingerprint density at radius 1 is 0.929 bits per heavy atom. The Kier molecular flexibility index (Phi) is 3.12. The number of hydrogen-bond acceptors (Lipinski definition) is 1. The lowest BCUT2D eigenvalue weighted by Crippen LogP contribution is -2.57. The average Bonchev–Trinajstić information content (AvgIpc) is 2.01. The highest BCUT2D eigenvalue weighted by atomic mass is 28.3. The van der Waals surface area contributed by atoms with Gasteiger partial charge in [0.25, 0.3) is 0 Å². The highest BCUT2D eigenvalue weighted by molar-refractivity contribution is 6.81. The first-order chi connectivity index (χ1) is 6.23. The Hall–Kier alpha value is -0.286. The van der Waals surface area contributed by atoms with Gasteiger partial charge in [-0.15, -0.1) is 0 Å². The summed E-state index contributed by atoms with van der Waals surface area (Å²) < 4.78 is 2.64. The van der Waals surface area contributed by atoms with Crippen molar-refractivity contribution in [2.24, 2.45) is 0 Å². The molecule has 1 rings (SSSR count). The number of hydrogen-bond donors (Lipinski definition) is 0. The zero-order chi connectivity index (χ0) is 11.0. The summed E-state index contributed by atoms with van der Waals surface area (Å²) >= 11 is 0. The molecule has 0 spiro atoms. The summed E-state index contributed by atoms with van der Waals surface area (Å²) in [5, 5.41) is 0. The van der Waals surface area contributed by atoms with Gasteiger partial charge in [-0.3, -0.25) is 0 Å². The minimum absolute atomic E-state index is 0.694. The van der Waals surface area contributed by atoms with Crippen LogP contribution in [0.4, 0.5) is 0 Å². The van der Waals surface area contributed by atoms with Gasteiger partial charge in [-0.25, -0.2) is 0 Å². The van der Waals surface area contributed by atoms with E-state index >= 15 is 0 Å². The molecule has 0 fully saturated rings. The van der Waals surface area contributed by atoms with Crippen LogP contribution in [0.15, 0.2) is 24.4 Å². The zero-order valence-corrected chi connectivity index (χ0v) is 12.3. The Morgan fingerprint density at radius 2 is 1.50 bits per heavy atom. The zero-order valence-electron chi connectivity index (χ0n) is 10.3. The SMILES string of the molecule is C[Si](C)(C)C1C=CC=CN1[Si](C)(C)C. The van der Waals surface area contributed by atoms with E-state index in [9.17, 15) is 0 Å². The molecule has 1 heterocycles. The summed E-state index contributed by atoms with van der Waals surface area (Å²) in [4.78, 5) is 0. The van der Waals surface area contributed by atoms with Gasteiger partial charge in [-0.1, -0.05) is 51.4 Å². The highest BCUT2D eigenvalue weighted by Crippen LogP contribution is 2.25. The number of rotatable bonds is 2. The molecule has 1 aliphatic heterocycles. The van der Waals surface area contributed by atoms with Gasteiger partial charge >= 0.3 is 0 Å². The Balaban J connectivity index is 2.94. The van der Waals surface area contributed by atoms with E-state index in [1.165, 1.54) is 0 Å². The second-order valence-corrected chi connectivity index (χ2v) is 16.3. The van der Waals surface area contributed by atoms with Crippen molar-refractivity contribution in [3.8, 4) is 0 Å². The molecule has 80 valence electrons. The van der Waals surface area contributed by atoms with Gasteiger partial charge in [0.15, 0.2) is 0 Å². The van der Waals surface area contributed by atoms with E-state index in [1.54, 1.807) is 0 Å². The Morgan fingerprint density at radius 3 is 1.86 bits per heavy atom. The number of allylic oxidation sites excluding steroid dienone is 2. The molecule has 0 bridgehead atoms. The minimum Gasteiger partial charge on any atom is -0.400 e. The van der Waals surface area contributed by atoms with Crippen LogP contribution in [0.5, 0.6) is 0 Å². The average molecular weight is 225 g/mol. The second-order valence-electron chi connectivity index (χ2n) is 6.12. The van der Waals surface area contributed by atoms with Crippen LogP contribution < -0.4 is 0 Å². The summed E-state index contributed by atoms with van der Waals surface area (Å²) in [5.74, 6) is 0. The van der Waals surface area contributed by atoms with Crippen molar-refractivity contribution in [2.75, 3.05) is 0 Å². The van der Waals surface area contributed by atoms with E-state index in [4.69, 9.17) is 0 Å². The number of nitrogens with zero attached hydrogens (tertiary/aromatic N) is 1. The molecule has 0 saturated carbocycles. The topological polar surface area (TPSA) is 3.24 Å². The molecule has 3 heteroatoms. The summed E-state index contributed by atoms with van der Waals surface area (Å²) in [7, 11) is -2.31. The molecule has 1 aliphatic rings. The van der Waals surface area contributed by atoms with Crippen molar-refractivity contribution in [1.29, 1.82) is 0 Å². The monoisotopic (exact) mass is 225 g/mol. The molecule has 1 unspecified atom stereocenters. The van der Waals surface area contributed by atoms with Crippen molar-refractivity contribution in [3.63, 3.8) is 0 Å².